The molecule has 0 spiro atoms. The molecule has 1 aromatic carbocycles. The van der Waals surface area contributed by atoms with Gasteiger partial charge in [0.1, 0.15) is 11.6 Å². The molecular weight excluding hydrogens is 242 g/mol. The summed E-state index contributed by atoms with van der Waals surface area (Å²) in [5.74, 6) is 1.48. The Labute approximate surface area is 110 Å². The Kier molecular flexibility index (Phi) is 2.73. The minimum atomic E-state index is -0.606. The van der Waals surface area contributed by atoms with Crippen LogP contribution in [0, 0.1) is 11.3 Å². The molecule has 0 atom stereocenters. The van der Waals surface area contributed by atoms with Crippen LogP contribution in [0.1, 0.15) is 5.82 Å². The monoisotopic (exact) mass is 255 g/mol. The predicted octanol–water partition coefficient (Wildman–Crippen LogP) is 1.88. The number of benzene rings is 1. The maximum atomic E-state index is 9.23. The van der Waals surface area contributed by atoms with E-state index < -0.39 is 5.41 Å². The summed E-state index contributed by atoms with van der Waals surface area (Å²) in [4.78, 5) is 7.52. The first-order valence-electron chi connectivity index (χ1n) is 5.96. The largest absolute Gasteiger partial charge is 0.497 e. The van der Waals surface area contributed by atoms with E-state index in [4.69, 9.17) is 9.47 Å². The van der Waals surface area contributed by atoms with E-state index >= 15 is 0 Å². The second-order valence-corrected chi connectivity index (χ2v) is 4.56. The topological polar surface area (TPSA) is 70.9 Å². The van der Waals surface area contributed by atoms with Crippen molar-refractivity contribution in [1.29, 1.82) is 5.26 Å². The van der Waals surface area contributed by atoms with Crippen molar-refractivity contribution in [3.8, 4) is 23.1 Å². The van der Waals surface area contributed by atoms with E-state index in [2.05, 4.69) is 16.0 Å². The van der Waals surface area contributed by atoms with Gasteiger partial charge >= 0.3 is 0 Å². The van der Waals surface area contributed by atoms with Gasteiger partial charge in [-0.1, -0.05) is 0 Å². The number of imidazole rings is 1. The summed E-state index contributed by atoms with van der Waals surface area (Å²) in [6.07, 6.45) is 1.74. The van der Waals surface area contributed by atoms with Crippen molar-refractivity contribution in [2.45, 2.75) is 5.41 Å². The number of hydrogen-bond acceptors (Lipinski definition) is 4. The summed E-state index contributed by atoms with van der Waals surface area (Å²) in [5, 5.41) is 9.23. The zero-order valence-electron chi connectivity index (χ0n) is 10.5. The minimum Gasteiger partial charge on any atom is -0.497 e. The zero-order chi connectivity index (χ0) is 13.3. The lowest BCUT2D eigenvalue weighted by molar-refractivity contribution is -0.0335. The Bertz CT molecular complexity index is 621. The number of nitrogens with zero attached hydrogens (tertiary/aromatic N) is 2. The molecule has 0 radical (unpaired) electrons. The van der Waals surface area contributed by atoms with Gasteiger partial charge in [0.2, 0.25) is 0 Å². The molecule has 96 valence electrons. The van der Waals surface area contributed by atoms with Crippen molar-refractivity contribution in [3.05, 3.63) is 36.3 Å². The lowest BCUT2D eigenvalue weighted by Crippen LogP contribution is -2.46. The van der Waals surface area contributed by atoms with Crippen molar-refractivity contribution < 1.29 is 9.47 Å². The maximum absolute atomic E-state index is 9.23. The first-order chi connectivity index (χ1) is 9.27. The van der Waals surface area contributed by atoms with Crippen molar-refractivity contribution in [1.82, 2.24) is 9.97 Å². The quantitative estimate of drug-likeness (QED) is 0.909. The summed E-state index contributed by atoms with van der Waals surface area (Å²) in [6, 6.07) is 9.96. The first-order valence-corrected chi connectivity index (χ1v) is 5.96. The van der Waals surface area contributed by atoms with Gasteiger partial charge in [0.15, 0.2) is 5.41 Å². The number of H-pyrrole nitrogens is 1. The van der Waals surface area contributed by atoms with Crippen molar-refractivity contribution in [2.75, 3.05) is 20.3 Å². The van der Waals surface area contributed by atoms with Crippen LogP contribution in [-0.2, 0) is 10.2 Å². The highest BCUT2D eigenvalue weighted by molar-refractivity contribution is 5.60. The van der Waals surface area contributed by atoms with Gasteiger partial charge in [-0.2, -0.15) is 5.26 Å². The van der Waals surface area contributed by atoms with Crippen LogP contribution >= 0.6 is 0 Å². The number of rotatable bonds is 3. The standard InChI is InChI=1S/C14H13N3O2/c1-18-11-4-2-10(3-5-11)12-6-16-13(17-12)14(7-15)8-19-9-14/h2-6H,8-9H2,1H3,(H,16,17). The van der Waals surface area contributed by atoms with E-state index in [9.17, 15) is 5.26 Å². The Hall–Kier alpha value is -2.32. The summed E-state index contributed by atoms with van der Waals surface area (Å²) in [5.41, 5.74) is 1.29. The van der Waals surface area contributed by atoms with Crippen LogP contribution in [0.4, 0.5) is 0 Å². The normalized spacial score (nSPS) is 16.4. The fraction of sp³-hybridized carbons (Fsp3) is 0.286. The summed E-state index contributed by atoms with van der Waals surface area (Å²) >= 11 is 0. The predicted molar refractivity (Wildman–Crippen MR) is 68.7 cm³/mol. The SMILES string of the molecule is COc1ccc(-c2cnc(C3(C#N)COC3)[nH]2)cc1. The molecule has 0 bridgehead atoms. The van der Waals surface area contributed by atoms with Crippen LogP contribution in [0.25, 0.3) is 11.3 Å². The number of nitrogens with one attached hydrogen (secondary N) is 1. The Morgan fingerprint density at radius 3 is 2.63 bits per heavy atom. The number of methoxy groups -OCH3 is 1. The fourth-order valence-electron chi connectivity index (χ4n) is 2.04. The van der Waals surface area contributed by atoms with Crippen LogP contribution < -0.4 is 4.74 Å². The Balaban J connectivity index is 1.90. The molecule has 1 N–H and O–H groups in total. The van der Waals surface area contributed by atoms with Gasteiger partial charge in [-0.15, -0.1) is 0 Å². The van der Waals surface area contributed by atoms with E-state index in [-0.39, 0.29) is 0 Å². The van der Waals surface area contributed by atoms with E-state index in [1.54, 1.807) is 13.3 Å². The van der Waals surface area contributed by atoms with E-state index in [1.807, 2.05) is 24.3 Å². The van der Waals surface area contributed by atoms with Crippen LogP contribution in [0.5, 0.6) is 5.75 Å². The second kappa shape index (κ2) is 4.41. The molecule has 0 saturated carbocycles. The van der Waals surface area contributed by atoms with Crippen LogP contribution in [-0.4, -0.2) is 30.3 Å². The molecule has 0 amide bonds. The molecule has 1 fully saturated rings. The number of hydrogen-bond donors (Lipinski definition) is 1. The molecule has 1 aromatic heterocycles. The first kappa shape index (κ1) is 11.8. The molecule has 5 nitrogen and oxygen atoms in total. The highest BCUT2D eigenvalue weighted by atomic mass is 16.5. The Morgan fingerprint density at radius 1 is 1.37 bits per heavy atom. The van der Waals surface area contributed by atoms with Crippen LogP contribution in [0.2, 0.25) is 0 Å². The van der Waals surface area contributed by atoms with Gasteiger partial charge in [-0.05, 0) is 29.8 Å². The molecule has 1 saturated heterocycles. The molecule has 2 aromatic rings. The van der Waals surface area contributed by atoms with Crippen LogP contribution in [0.3, 0.4) is 0 Å². The highest BCUT2D eigenvalue weighted by Gasteiger charge is 2.43. The van der Waals surface area contributed by atoms with Gasteiger partial charge in [-0.25, -0.2) is 4.98 Å². The molecule has 1 aliphatic heterocycles. The molecule has 2 heterocycles. The summed E-state index contributed by atoms with van der Waals surface area (Å²) in [6.45, 7) is 0.804. The molecule has 0 aliphatic carbocycles. The van der Waals surface area contributed by atoms with E-state index in [0.717, 1.165) is 17.0 Å². The number of nitriles is 1. The summed E-state index contributed by atoms with van der Waals surface area (Å²) in [7, 11) is 1.64. The van der Waals surface area contributed by atoms with Gasteiger partial charge in [0.05, 0.1) is 38.3 Å². The Morgan fingerprint density at radius 2 is 2.11 bits per heavy atom. The average molecular weight is 255 g/mol. The fourth-order valence-corrected chi connectivity index (χ4v) is 2.04. The van der Waals surface area contributed by atoms with Gasteiger partial charge in [0.25, 0.3) is 0 Å². The van der Waals surface area contributed by atoms with Gasteiger partial charge in [-0.3, -0.25) is 0 Å². The third kappa shape index (κ3) is 1.86. The third-order valence-corrected chi connectivity index (χ3v) is 3.34. The lowest BCUT2D eigenvalue weighted by Gasteiger charge is -2.32. The number of aromatic nitrogens is 2. The van der Waals surface area contributed by atoms with Crippen molar-refractivity contribution in [2.24, 2.45) is 0 Å². The molecule has 5 heteroatoms. The minimum absolute atomic E-state index is 0.402. The molecule has 19 heavy (non-hydrogen) atoms. The van der Waals surface area contributed by atoms with Gasteiger partial charge < -0.3 is 14.5 Å². The second-order valence-electron chi connectivity index (χ2n) is 4.56. The van der Waals surface area contributed by atoms with Crippen molar-refractivity contribution >= 4 is 0 Å². The van der Waals surface area contributed by atoms with Gasteiger partial charge in [0, 0.05) is 0 Å². The number of aromatic amines is 1. The van der Waals surface area contributed by atoms with E-state index in [0.29, 0.717) is 19.0 Å². The van der Waals surface area contributed by atoms with Crippen LogP contribution in [0.15, 0.2) is 30.5 Å². The number of ether oxygens (including phenoxy) is 2. The molecule has 3 rings (SSSR count). The third-order valence-electron chi connectivity index (χ3n) is 3.34. The van der Waals surface area contributed by atoms with E-state index in [1.165, 1.54) is 0 Å². The molecular formula is C14H13N3O2. The summed E-state index contributed by atoms with van der Waals surface area (Å²) < 4.78 is 10.3. The smallest absolute Gasteiger partial charge is 0.161 e. The molecule has 0 unspecified atom stereocenters. The average Bonchev–Trinajstić information content (AvgIpc) is 2.88. The molecule has 1 aliphatic rings. The highest BCUT2D eigenvalue weighted by Crippen LogP contribution is 2.31. The maximum Gasteiger partial charge on any atom is 0.161 e. The van der Waals surface area contributed by atoms with Crippen molar-refractivity contribution in [3.63, 3.8) is 0 Å². The lowest BCUT2D eigenvalue weighted by atomic mass is 9.87. The zero-order valence-corrected chi connectivity index (χ0v) is 10.5.